The zero-order valence-corrected chi connectivity index (χ0v) is 15.4. The Labute approximate surface area is 165 Å². The Bertz CT molecular complexity index is 1100. The van der Waals surface area contributed by atoms with E-state index in [4.69, 9.17) is 4.74 Å². The number of carbonyl (C=O) groups excluding carboxylic acids is 2. The van der Waals surface area contributed by atoms with Gasteiger partial charge in [0, 0.05) is 35.3 Å². The Kier molecular flexibility index (Phi) is 5.05. The standard InChI is InChI=1S/C20H18N4O5/c25-17(22-23-18(26)13-3-1-7-21-10-13)12-5-6-15-16(9-12)20(28)24(19(15)27)11-14-4-2-8-29-14/h1,3,5-7,9-10,14,27-28H,2,4,8,11H2/t14-/m0/s1. The highest BCUT2D eigenvalue weighted by Gasteiger charge is 2.23. The Morgan fingerprint density at radius 3 is 2.55 bits per heavy atom. The second-order valence-corrected chi connectivity index (χ2v) is 6.71. The Balaban J connectivity index is 1.58. The number of aromatic hydroxyl groups is 2. The molecule has 1 atom stereocenters. The lowest BCUT2D eigenvalue weighted by molar-refractivity contribution is 0.0930. The maximum atomic E-state index is 12.3. The Morgan fingerprint density at radius 1 is 1.10 bits per heavy atom. The average molecular weight is 394 g/mol. The highest BCUT2D eigenvalue weighted by Crippen LogP contribution is 2.37. The lowest BCUT2D eigenvalue weighted by Crippen LogP contribution is -2.14. The molecule has 1 fully saturated rings. The van der Waals surface area contributed by atoms with Crippen LogP contribution in [-0.2, 0) is 11.3 Å². The molecule has 3 aromatic rings. The molecular formula is C20H18N4O5. The molecule has 29 heavy (non-hydrogen) atoms. The highest BCUT2D eigenvalue weighted by atomic mass is 16.5. The molecule has 0 saturated carbocycles. The van der Waals surface area contributed by atoms with Crippen LogP contribution in [0.5, 0.6) is 11.8 Å². The second kappa shape index (κ2) is 7.80. The van der Waals surface area contributed by atoms with E-state index in [1.54, 1.807) is 6.07 Å². The van der Waals surface area contributed by atoms with Gasteiger partial charge >= 0.3 is 0 Å². The first-order valence-electron chi connectivity index (χ1n) is 9.11. The number of carbonyl (C=O) groups is 2. The smallest absolute Gasteiger partial charge is 0.297 e. The van der Waals surface area contributed by atoms with Gasteiger partial charge in [0.25, 0.3) is 11.8 Å². The number of hydrogen-bond acceptors (Lipinski definition) is 6. The van der Waals surface area contributed by atoms with Crippen molar-refractivity contribution in [3.8, 4) is 11.8 Å². The van der Waals surface area contributed by atoms with Crippen molar-refractivity contribution in [3.63, 3.8) is 0 Å². The molecule has 2 aromatic heterocycles. The van der Waals surface area contributed by atoms with E-state index in [-0.39, 0.29) is 29.0 Å². The van der Waals surface area contributed by atoms with E-state index in [1.165, 1.54) is 41.2 Å². The molecule has 1 saturated heterocycles. The van der Waals surface area contributed by atoms with Crippen molar-refractivity contribution in [2.75, 3.05) is 6.61 Å². The molecule has 2 N–H and O–H groups in total. The second-order valence-electron chi connectivity index (χ2n) is 6.71. The molecule has 1 aliphatic rings. The minimum Gasteiger partial charge on any atom is -0.494 e. The number of amides is 2. The van der Waals surface area contributed by atoms with Gasteiger partial charge in [-0.1, -0.05) is 0 Å². The Morgan fingerprint density at radius 2 is 1.86 bits per heavy atom. The molecular weight excluding hydrogens is 376 g/mol. The molecule has 4 rings (SSSR count). The van der Waals surface area contributed by atoms with Crippen molar-refractivity contribution in [1.29, 1.82) is 0 Å². The first-order valence-corrected chi connectivity index (χ1v) is 9.11. The molecule has 9 heteroatoms. The summed E-state index contributed by atoms with van der Waals surface area (Å²) in [6, 6.07) is 7.47. The quantitative estimate of drug-likeness (QED) is 0.655. The number of fused-ring (bicyclic) bond motifs is 1. The van der Waals surface area contributed by atoms with Crippen molar-refractivity contribution in [3.05, 3.63) is 53.9 Å². The minimum atomic E-state index is -0.741. The maximum Gasteiger partial charge on any atom is 0.297 e. The summed E-state index contributed by atoms with van der Waals surface area (Å²) in [6.45, 7) is 0.976. The summed E-state index contributed by atoms with van der Waals surface area (Å²) in [5.74, 6) is -1.68. The van der Waals surface area contributed by atoms with Crippen molar-refractivity contribution in [2.24, 2.45) is 10.2 Å². The van der Waals surface area contributed by atoms with Gasteiger partial charge in [-0.25, -0.2) is 0 Å². The summed E-state index contributed by atoms with van der Waals surface area (Å²) < 4.78 is 6.92. The van der Waals surface area contributed by atoms with Crippen LogP contribution in [0.4, 0.5) is 0 Å². The van der Waals surface area contributed by atoms with Gasteiger partial charge in [0.1, 0.15) is 0 Å². The first-order chi connectivity index (χ1) is 14.0. The molecule has 0 unspecified atom stereocenters. The number of pyridine rings is 1. The number of hydrogen-bond donors (Lipinski definition) is 2. The van der Waals surface area contributed by atoms with Gasteiger partial charge in [-0.3, -0.25) is 19.1 Å². The van der Waals surface area contributed by atoms with Crippen LogP contribution in [0.25, 0.3) is 10.8 Å². The fourth-order valence-electron chi connectivity index (χ4n) is 3.31. The van der Waals surface area contributed by atoms with Gasteiger partial charge in [-0.15, -0.1) is 10.2 Å². The van der Waals surface area contributed by atoms with E-state index in [1.807, 2.05) is 0 Å². The molecule has 148 valence electrons. The summed E-state index contributed by atoms with van der Waals surface area (Å²) in [5, 5.41) is 28.6. The maximum absolute atomic E-state index is 12.3. The van der Waals surface area contributed by atoms with Crippen molar-refractivity contribution in [2.45, 2.75) is 25.5 Å². The minimum absolute atomic E-state index is 0.0815. The van der Waals surface area contributed by atoms with E-state index in [2.05, 4.69) is 15.2 Å². The van der Waals surface area contributed by atoms with Crippen molar-refractivity contribution in [1.82, 2.24) is 9.55 Å². The summed E-state index contributed by atoms with van der Waals surface area (Å²) in [5.41, 5.74) is 0.345. The van der Waals surface area contributed by atoms with Crippen LogP contribution in [0.15, 0.2) is 53.0 Å². The van der Waals surface area contributed by atoms with Crippen LogP contribution in [0.2, 0.25) is 0 Å². The largest absolute Gasteiger partial charge is 0.494 e. The molecule has 0 spiro atoms. The fourth-order valence-corrected chi connectivity index (χ4v) is 3.31. The predicted molar refractivity (Wildman–Crippen MR) is 102 cm³/mol. The molecule has 0 bridgehead atoms. The molecule has 0 aliphatic carbocycles. The van der Waals surface area contributed by atoms with E-state index in [0.717, 1.165) is 12.8 Å². The van der Waals surface area contributed by atoms with Crippen LogP contribution >= 0.6 is 0 Å². The number of rotatable bonds is 4. The molecule has 3 heterocycles. The molecule has 2 amide bonds. The van der Waals surface area contributed by atoms with Crippen LogP contribution in [-0.4, -0.2) is 44.3 Å². The number of ether oxygens (including phenoxy) is 1. The molecule has 9 nitrogen and oxygen atoms in total. The van der Waals surface area contributed by atoms with Gasteiger partial charge in [-0.2, -0.15) is 0 Å². The third-order valence-corrected chi connectivity index (χ3v) is 4.81. The number of benzene rings is 1. The third-order valence-electron chi connectivity index (χ3n) is 4.81. The monoisotopic (exact) mass is 394 g/mol. The van der Waals surface area contributed by atoms with E-state index in [9.17, 15) is 19.8 Å². The lowest BCUT2D eigenvalue weighted by Gasteiger charge is -2.12. The normalized spacial score (nSPS) is 16.6. The summed E-state index contributed by atoms with van der Waals surface area (Å²) >= 11 is 0. The molecule has 1 aromatic carbocycles. The van der Waals surface area contributed by atoms with Gasteiger partial charge in [-0.05, 0) is 43.2 Å². The molecule has 0 radical (unpaired) electrons. The van der Waals surface area contributed by atoms with Gasteiger partial charge in [0.2, 0.25) is 11.8 Å². The van der Waals surface area contributed by atoms with E-state index < -0.39 is 11.8 Å². The summed E-state index contributed by atoms with van der Waals surface area (Å²) in [7, 11) is 0. The topological polar surface area (TPSA) is 126 Å². The van der Waals surface area contributed by atoms with Crippen molar-refractivity contribution < 1.29 is 24.5 Å². The number of aromatic nitrogens is 2. The lowest BCUT2D eigenvalue weighted by atomic mass is 10.1. The van der Waals surface area contributed by atoms with Crippen LogP contribution in [0.3, 0.4) is 0 Å². The average Bonchev–Trinajstić information content (AvgIpc) is 3.35. The zero-order valence-electron chi connectivity index (χ0n) is 15.4. The predicted octanol–water partition coefficient (Wildman–Crippen LogP) is 3.06. The summed E-state index contributed by atoms with van der Waals surface area (Å²) in [4.78, 5) is 28.0. The number of nitrogens with zero attached hydrogens (tertiary/aromatic N) is 4. The SMILES string of the molecule is O=C(N=NC(=O)c1ccc2c(O)n(C[C@@H]3CCCO3)c(O)c2c1)c1cccnc1. The van der Waals surface area contributed by atoms with E-state index in [0.29, 0.717) is 23.9 Å². The van der Waals surface area contributed by atoms with Crippen LogP contribution in [0, 0.1) is 0 Å². The van der Waals surface area contributed by atoms with E-state index >= 15 is 0 Å². The fraction of sp³-hybridized carbons (Fsp3) is 0.250. The zero-order chi connectivity index (χ0) is 20.4. The number of azo groups is 1. The van der Waals surface area contributed by atoms with Crippen LogP contribution in [0.1, 0.15) is 33.6 Å². The van der Waals surface area contributed by atoms with Crippen molar-refractivity contribution >= 4 is 22.6 Å². The van der Waals surface area contributed by atoms with Gasteiger partial charge in [0.15, 0.2) is 0 Å². The Hall–Kier alpha value is -3.59. The molecule has 1 aliphatic heterocycles. The summed E-state index contributed by atoms with van der Waals surface area (Å²) in [6.07, 6.45) is 4.55. The van der Waals surface area contributed by atoms with Gasteiger partial charge in [0.05, 0.1) is 18.2 Å². The first kappa shape index (κ1) is 18.8. The van der Waals surface area contributed by atoms with Gasteiger partial charge < -0.3 is 14.9 Å². The third kappa shape index (κ3) is 3.72. The van der Waals surface area contributed by atoms with Crippen LogP contribution < -0.4 is 0 Å². The highest BCUT2D eigenvalue weighted by molar-refractivity contribution is 6.03.